The summed E-state index contributed by atoms with van der Waals surface area (Å²) in [5, 5.41) is 3.69. The Morgan fingerprint density at radius 1 is 0.917 bits per heavy atom. The molecule has 1 aliphatic carbocycles. The second-order valence-electron chi connectivity index (χ2n) is 4.61. The third-order valence-corrected chi connectivity index (χ3v) is 3.78. The number of hydrogen-bond donors (Lipinski definition) is 1. The first-order chi connectivity index (χ1) is 5.92. The molecule has 2 saturated heterocycles. The Balaban J connectivity index is 1.81. The molecule has 0 amide bonds. The van der Waals surface area contributed by atoms with Crippen LogP contribution in [0, 0.1) is 0 Å². The van der Waals surface area contributed by atoms with Gasteiger partial charge in [0.1, 0.15) is 0 Å². The highest BCUT2D eigenvalue weighted by molar-refractivity contribution is 5.24. The second kappa shape index (κ2) is 2.59. The van der Waals surface area contributed by atoms with Crippen molar-refractivity contribution < 1.29 is 0 Å². The van der Waals surface area contributed by atoms with Crippen LogP contribution in [0.2, 0.25) is 0 Å². The zero-order chi connectivity index (χ0) is 7.97. The fourth-order valence-corrected chi connectivity index (χ4v) is 2.90. The van der Waals surface area contributed by atoms with Gasteiger partial charge < -0.3 is 5.32 Å². The summed E-state index contributed by atoms with van der Waals surface area (Å²) in [5.74, 6) is 0. The summed E-state index contributed by atoms with van der Waals surface area (Å²) in [6.07, 6.45) is 9.94. The van der Waals surface area contributed by atoms with Gasteiger partial charge in [0.25, 0.3) is 0 Å². The van der Waals surface area contributed by atoms with Crippen molar-refractivity contribution in [2.75, 3.05) is 0 Å². The standard InChI is InChI=1S/C11H17N/c1-2-8(3-1)9-6-10-4-5-11(7-9)12-10/h10-12H,1-7H2/t10-,11+. The van der Waals surface area contributed by atoms with E-state index in [9.17, 15) is 0 Å². The molecule has 0 radical (unpaired) electrons. The predicted octanol–water partition coefficient (Wildman–Crippen LogP) is 2.38. The number of nitrogens with one attached hydrogen (secondary N) is 1. The third kappa shape index (κ3) is 1.03. The monoisotopic (exact) mass is 163 g/mol. The van der Waals surface area contributed by atoms with Gasteiger partial charge in [0.15, 0.2) is 0 Å². The van der Waals surface area contributed by atoms with E-state index in [1.54, 1.807) is 0 Å². The molecule has 2 bridgehead atoms. The topological polar surface area (TPSA) is 12.0 Å². The van der Waals surface area contributed by atoms with E-state index in [0.29, 0.717) is 0 Å². The zero-order valence-electron chi connectivity index (χ0n) is 7.60. The predicted molar refractivity (Wildman–Crippen MR) is 50.1 cm³/mol. The fourth-order valence-electron chi connectivity index (χ4n) is 2.90. The Morgan fingerprint density at radius 3 is 2.08 bits per heavy atom. The van der Waals surface area contributed by atoms with Crippen LogP contribution < -0.4 is 5.32 Å². The van der Waals surface area contributed by atoms with E-state index in [0.717, 1.165) is 12.1 Å². The van der Waals surface area contributed by atoms with Gasteiger partial charge in [-0.1, -0.05) is 11.1 Å². The molecule has 0 spiro atoms. The largest absolute Gasteiger partial charge is 0.311 e. The molecule has 2 aliphatic heterocycles. The normalized spacial score (nSPS) is 40.0. The molecule has 0 unspecified atom stereocenters. The SMILES string of the molecule is C1CC(=C2C[C@H]3CC[C@@H](C2)N3)C1. The van der Waals surface area contributed by atoms with Gasteiger partial charge >= 0.3 is 0 Å². The lowest BCUT2D eigenvalue weighted by Crippen LogP contribution is -2.35. The van der Waals surface area contributed by atoms with E-state index in [-0.39, 0.29) is 0 Å². The van der Waals surface area contributed by atoms with E-state index in [1.807, 2.05) is 11.1 Å². The maximum absolute atomic E-state index is 3.69. The maximum Gasteiger partial charge on any atom is 0.0108 e. The summed E-state index contributed by atoms with van der Waals surface area (Å²) in [6, 6.07) is 1.71. The summed E-state index contributed by atoms with van der Waals surface area (Å²) in [7, 11) is 0. The average Bonchev–Trinajstić information content (AvgIpc) is 2.27. The van der Waals surface area contributed by atoms with Gasteiger partial charge in [0, 0.05) is 12.1 Å². The Labute approximate surface area is 74.2 Å². The van der Waals surface area contributed by atoms with E-state index < -0.39 is 0 Å². The van der Waals surface area contributed by atoms with Crippen LogP contribution in [-0.2, 0) is 0 Å². The molecule has 3 fully saturated rings. The minimum Gasteiger partial charge on any atom is -0.311 e. The van der Waals surface area contributed by atoms with Crippen LogP contribution in [0.3, 0.4) is 0 Å². The van der Waals surface area contributed by atoms with Crippen molar-refractivity contribution >= 4 is 0 Å². The van der Waals surface area contributed by atoms with Crippen molar-refractivity contribution in [2.45, 2.75) is 57.0 Å². The Bertz CT molecular complexity index is 209. The summed E-state index contributed by atoms with van der Waals surface area (Å²) in [4.78, 5) is 0. The summed E-state index contributed by atoms with van der Waals surface area (Å²) in [5.41, 5.74) is 3.67. The molecule has 0 aromatic carbocycles. The van der Waals surface area contributed by atoms with Crippen molar-refractivity contribution in [2.24, 2.45) is 0 Å². The van der Waals surface area contributed by atoms with Gasteiger partial charge in [-0.15, -0.1) is 0 Å². The molecule has 3 aliphatic rings. The quantitative estimate of drug-likeness (QED) is 0.541. The Kier molecular flexibility index (Phi) is 1.54. The van der Waals surface area contributed by atoms with Crippen LogP contribution in [-0.4, -0.2) is 12.1 Å². The number of piperidine rings is 1. The highest BCUT2D eigenvalue weighted by atomic mass is 15.0. The van der Waals surface area contributed by atoms with Gasteiger partial charge in [-0.05, 0) is 44.9 Å². The van der Waals surface area contributed by atoms with Crippen LogP contribution in [0.4, 0.5) is 0 Å². The van der Waals surface area contributed by atoms with Crippen LogP contribution in [0.5, 0.6) is 0 Å². The molecule has 1 N–H and O–H groups in total. The van der Waals surface area contributed by atoms with Gasteiger partial charge in [0.05, 0.1) is 0 Å². The minimum atomic E-state index is 0.854. The molecule has 1 nitrogen and oxygen atoms in total. The molecule has 12 heavy (non-hydrogen) atoms. The van der Waals surface area contributed by atoms with E-state index in [4.69, 9.17) is 0 Å². The first kappa shape index (κ1) is 7.14. The molecule has 0 aromatic rings. The number of fused-ring (bicyclic) bond motifs is 2. The molecular formula is C11H17N. The van der Waals surface area contributed by atoms with Crippen molar-refractivity contribution in [1.29, 1.82) is 0 Å². The zero-order valence-corrected chi connectivity index (χ0v) is 7.60. The molecule has 1 heteroatoms. The molecule has 2 atom stereocenters. The first-order valence-electron chi connectivity index (χ1n) is 5.37. The van der Waals surface area contributed by atoms with Crippen LogP contribution in [0.1, 0.15) is 44.9 Å². The highest BCUT2D eigenvalue weighted by Crippen LogP contribution is 2.38. The molecule has 3 rings (SSSR count). The smallest absolute Gasteiger partial charge is 0.0108 e. The summed E-state index contributed by atoms with van der Waals surface area (Å²) in [6.45, 7) is 0. The van der Waals surface area contributed by atoms with Crippen molar-refractivity contribution in [3.05, 3.63) is 11.1 Å². The Morgan fingerprint density at radius 2 is 1.58 bits per heavy atom. The maximum atomic E-state index is 3.69. The average molecular weight is 163 g/mol. The van der Waals surface area contributed by atoms with Crippen LogP contribution in [0.25, 0.3) is 0 Å². The van der Waals surface area contributed by atoms with Crippen molar-refractivity contribution in [3.8, 4) is 0 Å². The highest BCUT2D eigenvalue weighted by Gasteiger charge is 2.32. The number of rotatable bonds is 0. The molecular weight excluding hydrogens is 146 g/mol. The van der Waals surface area contributed by atoms with Gasteiger partial charge in [-0.3, -0.25) is 0 Å². The lowest BCUT2D eigenvalue weighted by atomic mass is 9.83. The van der Waals surface area contributed by atoms with Crippen LogP contribution in [0.15, 0.2) is 11.1 Å². The third-order valence-electron chi connectivity index (χ3n) is 3.78. The summed E-state index contributed by atoms with van der Waals surface area (Å²) < 4.78 is 0. The van der Waals surface area contributed by atoms with E-state index >= 15 is 0 Å². The number of hydrogen-bond acceptors (Lipinski definition) is 1. The fraction of sp³-hybridized carbons (Fsp3) is 0.818. The van der Waals surface area contributed by atoms with Crippen molar-refractivity contribution in [1.82, 2.24) is 5.32 Å². The molecule has 1 saturated carbocycles. The number of allylic oxidation sites excluding steroid dienone is 1. The van der Waals surface area contributed by atoms with E-state index in [2.05, 4.69) is 5.32 Å². The van der Waals surface area contributed by atoms with Crippen molar-refractivity contribution in [3.63, 3.8) is 0 Å². The Hall–Kier alpha value is -0.300. The van der Waals surface area contributed by atoms with Gasteiger partial charge in [0.2, 0.25) is 0 Å². The lowest BCUT2D eigenvalue weighted by Gasteiger charge is -2.29. The summed E-state index contributed by atoms with van der Waals surface area (Å²) >= 11 is 0. The van der Waals surface area contributed by atoms with Crippen LogP contribution >= 0.6 is 0 Å². The lowest BCUT2D eigenvalue weighted by molar-refractivity contribution is 0.459. The van der Waals surface area contributed by atoms with E-state index in [1.165, 1.54) is 44.9 Å². The first-order valence-corrected chi connectivity index (χ1v) is 5.37. The second-order valence-corrected chi connectivity index (χ2v) is 4.61. The van der Waals surface area contributed by atoms with Gasteiger partial charge in [-0.25, -0.2) is 0 Å². The van der Waals surface area contributed by atoms with Gasteiger partial charge in [-0.2, -0.15) is 0 Å². The molecule has 0 aromatic heterocycles. The molecule has 2 heterocycles. The minimum absolute atomic E-state index is 0.854. The molecule has 66 valence electrons.